The van der Waals surface area contributed by atoms with Crippen LogP contribution in [0.4, 0.5) is 0 Å². The Kier molecular flexibility index (Phi) is 79.8. The zero-order valence-electron chi connectivity index (χ0n) is 34.0. The molecule has 44 heavy (non-hydrogen) atoms. The average molecular weight is 627 g/mol. The fourth-order valence-electron chi connectivity index (χ4n) is 4.83. The molecule has 0 aromatic rings. The van der Waals surface area contributed by atoms with Gasteiger partial charge in [-0.25, -0.2) is 0 Å². The molecule has 0 amide bonds. The predicted molar refractivity (Wildman–Crippen MR) is 214 cm³/mol. The van der Waals surface area contributed by atoms with Crippen LogP contribution in [0.1, 0.15) is 288 Å². The highest BCUT2D eigenvalue weighted by atomic mass is 14.0. The van der Waals surface area contributed by atoms with Gasteiger partial charge in [0.05, 0.1) is 0 Å². The van der Waals surface area contributed by atoms with Crippen molar-refractivity contribution >= 4 is 0 Å². The van der Waals surface area contributed by atoms with Crippen molar-refractivity contribution in [2.45, 2.75) is 288 Å². The first-order valence-corrected chi connectivity index (χ1v) is 21.6. The lowest BCUT2D eigenvalue weighted by molar-refractivity contribution is 0.585. The second-order valence-corrected chi connectivity index (χ2v) is 13.5. The van der Waals surface area contributed by atoms with Crippen molar-refractivity contribution in [2.75, 3.05) is 0 Å². The van der Waals surface area contributed by atoms with E-state index < -0.39 is 0 Å². The molecule has 0 saturated carbocycles. The van der Waals surface area contributed by atoms with E-state index in [0.717, 1.165) is 0 Å². The Labute approximate surface area is 286 Å². The van der Waals surface area contributed by atoms with Crippen molar-refractivity contribution in [2.24, 2.45) is 0 Å². The van der Waals surface area contributed by atoms with Crippen molar-refractivity contribution < 1.29 is 0 Å². The molecule has 0 heterocycles. The van der Waals surface area contributed by atoms with Crippen molar-refractivity contribution in [3.05, 3.63) is 0 Å². The van der Waals surface area contributed by atoms with Crippen LogP contribution >= 0.6 is 0 Å². The molecule has 0 radical (unpaired) electrons. The molecular formula is C44H98. The van der Waals surface area contributed by atoms with Gasteiger partial charge >= 0.3 is 0 Å². The average Bonchev–Trinajstić information content (AvgIpc) is 3.05. The van der Waals surface area contributed by atoms with E-state index in [1.165, 1.54) is 218 Å². The Morgan fingerprint density at radius 2 is 0.205 bits per heavy atom. The van der Waals surface area contributed by atoms with Crippen LogP contribution in [0.3, 0.4) is 0 Å². The molecule has 0 aromatic heterocycles. The molecule has 0 unspecified atom stereocenters. The van der Waals surface area contributed by atoms with Crippen LogP contribution in [0, 0.1) is 0 Å². The molecule has 0 aliphatic rings. The monoisotopic (exact) mass is 627 g/mol. The quantitative estimate of drug-likeness (QED) is 0.0724. The van der Waals surface area contributed by atoms with Crippen LogP contribution in [0.25, 0.3) is 0 Å². The summed E-state index contributed by atoms with van der Waals surface area (Å²) < 4.78 is 0. The zero-order valence-corrected chi connectivity index (χ0v) is 34.0. The summed E-state index contributed by atoms with van der Waals surface area (Å²) >= 11 is 0. The van der Waals surface area contributed by atoms with Gasteiger partial charge in [0, 0.05) is 0 Å². The number of hydrogen-bond donors (Lipinski definition) is 0. The molecule has 0 spiro atoms. The summed E-state index contributed by atoms with van der Waals surface area (Å²) in [4.78, 5) is 0. The van der Waals surface area contributed by atoms with Crippen molar-refractivity contribution in [3.8, 4) is 0 Å². The highest BCUT2D eigenvalue weighted by molar-refractivity contribution is 4.45. The maximum Gasteiger partial charge on any atom is -0.0533 e. The molecule has 274 valence electrons. The normalized spacial score (nSPS) is 9.95. The number of rotatable bonds is 29. The van der Waals surface area contributed by atoms with E-state index in [2.05, 4.69) is 69.2 Å². The molecule has 0 nitrogen and oxygen atoms in total. The van der Waals surface area contributed by atoms with E-state index in [0.29, 0.717) is 0 Å². The Balaban J connectivity index is -0.000000147. The first kappa shape index (κ1) is 53.5. The zero-order chi connectivity index (χ0) is 34.0. The molecule has 0 atom stereocenters. The van der Waals surface area contributed by atoms with Crippen LogP contribution in [-0.2, 0) is 0 Å². The van der Waals surface area contributed by atoms with Crippen LogP contribution < -0.4 is 0 Å². The van der Waals surface area contributed by atoms with Gasteiger partial charge in [-0.2, -0.15) is 0 Å². The summed E-state index contributed by atoms with van der Waals surface area (Å²) in [7, 11) is 0. The smallest absolute Gasteiger partial charge is 0.0533 e. The number of hydrogen-bond acceptors (Lipinski definition) is 0. The lowest BCUT2D eigenvalue weighted by Crippen LogP contribution is -1.77. The number of unbranched alkanes of at least 4 members (excludes halogenated alkanes) is 29. The van der Waals surface area contributed by atoms with E-state index in [-0.39, 0.29) is 0 Å². The SMILES string of the molecule is CCCC.CCCCCCCCCC.CCCCCCCCCC.CCCCCCCCCC.CCCCCCCCCC. The third-order valence-electron chi connectivity index (χ3n) is 8.33. The van der Waals surface area contributed by atoms with Crippen molar-refractivity contribution in [3.63, 3.8) is 0 Å². The largest absolute Gasteiger partial charge is 0.0654 e. The topological polar surface area (TPSA) is 0 Å². The fourth-order valence-corrected chi connectivity index (χ4v) is 4.83. The Hall–Kier alpha value is 0. The molecule has 0 saturated heterocycles. The Morgan fingerprint density at radius 1 is 0.114 bits per heavy atom. The minimum atomic E-state index is 1.32. The molecule has 0 heteroatoms. The third kappa shape index (κ3) is 84.0. The molecule has 0 aliphatic heterocycles. The van der Waals surface area contributed by atoms with E-state index >= 15 is 0 Å². The second kappa shape index (κ2) is 65.6. The summed E-state index contributed by atoms with van der Waals surface area (Å²) in [5.41, 5.74) is 0. The molecule has 0 aromatic carbocycles. The highest BCUT2D eigenvalue weighted by Crippen LogP contribution is 2.10. The predicted octanol–water partition coefficient (Wildman–Crippen LogP) is 18.4. The van der Waals surface area contributed by atoms with Gasteiger partial charge < -0.3 is 0 Å². The summed E-state index contributed by atoms with van der Waals surface area (Å²) in [5.74, 6) is 0. The lowest BCUT2D eigenvalue weighted by Gasteiger charge is -1.97. The summed E-state index contributed by atoms with van der Waals surface area (Å²) in [6.45, 7) is 22.5. The third-order valence-corrected chi connectivity index (χ3v) is 8.33. The molecular weight excluding hydrogens is 528 g/mol. The Bertz CT molecular complexity index is 248. The van der Waals surface area contributed by atoms with E-state index in [1.807, 2.05) is 0 Å². The van der Waals surface area contributed by atoms with E-state index in [4.69, 9.17) is 0 Å². The summed E-state index contributed by atoms with van der Waals surface area (Å²) in [6, 6.07) is 0. The van der Waals surface area contributed by atoms with Gasteiger partial charge in [0.1, 0.15) is 0 Å². The van der Waals surface area contributed by atoms with Gasteiger partial charge in [-0.1, -0.05) is 288 Å². The molecule has 0 bridgehead atoms. The highest BCUT2D eigenvalue weighted by Gasteiger charge is 1.90. The van der Waals surface area contributed by atoms with E-state index in [9.17, 15) is 0 Å². The standard InChI is InChI=1S/4C10H22.C4H10/c4*1-3-5-7-9-10-8-6-4-2;1-3-4-2/h4*3-10H2,1-2H3;3-4H2,1-2H3. The first-order valence-electron chi connectivity index (χ1n) is 21.6. The van der Waals surface area contributed by atoms with Crippen LogP contribution in [0.5, 0.6) is 0 Å². The molecule has 0 rings (SSSR count). The minimum absolute atomic E-state index is 1.32. The van der Waals surface area contributed by atoms with E-state index in [1.54, 1.807) is 0 Å². The van der Waals surface area contributed by atoms with Gasteiger partial charge in [0.25, 0.3) is 0 Å². The molecule has 0 N–H and O–H groups in total. The van der Waals surface area contributed by atoms with Gasteiger partial charge in [-0.15, -0.1) is 0 Å². The maximum atomic E-state index is 2.27. The van der Waals surface area contributed by atoms with Gasteiger partial charge in [0.15, 0.2) is 0 Å². The molecule has 0 fully saturated rings. The first-order chi connectivity index (χ1) is 21.6. The Morgan fingerprint density at radius 3 is 0.273 bits per heavy atom. The summed E-state index contributed by atoms with van der Waals surface area (Å²) in [6.07, 6.45) is 48.5. The van der Waals surface area contributed by atoms with Crippen LogP contribution in [0.2, 0.25) is 0 Å². The minimum Gasteiger partial charge on any atom is -0.0654 e. The van der Waals surface area contributed by atoms with Crippen LogP contribution in [0.15, 0.2) is 0 Å². The lowest BCUT2D eigenvalue weighted by atomic mass is 10.1. The second-order valence-electron chi connectivity index (χ2n) is 13.5. The van der Waals surface area contributed by atoms with Crippen LogP contribution in [-0.4, -0.2) is 0 Å². The van der Waals surface area contributed by atoms with Gasteiger partial charge in [-0.3, -0.25) is 0 Å². The van der Waals surface area contributed by atoms with Gasteiger partial charge in [0.2, 0.25) is 0 Å². The van der Waals surface area contributed by atoms with Gasteiger partial charge in [-0.05, 0) is 0 Å². The van der Waals surface area contributed by atoms with Crippen molar-refractivity contribution in [1.29, 1.82) is 0 Å². The summed E-state index contributed by atoms with van der Waals surface area (Å²) in [5, 5.41) is 0. The maximum absolute atomic E-state index is 2.27. The fraction of sp³-hybridized carbons (Fsp3) is 1.00. The molecule has 0 aliphatic carbocycles. The van der Waals surface area contributed by atoms with Crippen molar-refractivity contribution in [1.82, 2.24) is 0 Å².